The standard InChI is InChI=1S/C12H14FN3O2/c1-7(14)10-4-3-9(5-11(10)13)17-6-12-15-8(2)18-16-12/h3-5,7H,6,14H2,1-2H3/t7-/m0/s1. The summed E-state index contributed by atoms with van der Waals surface area (Å²) in [4.78, 5) is 3.98. The van der Waals surface area contributed by atoms with Gasteiger partial charge in [0.25, 0.3) is 0 Å². The molecule has 0 bridgehead atoms. The smallest absolute Gasteiger partial charge is 0.223 e. The number of halogens is 1. The van der Waals surface area contributed by atoms with Gasteiger partial charge in [-0.05, 0) is 13.0 Å². The van der Waals surface area contributed by atoms with E-state index in [-0.39, 0.29) is 18.5 Å². The molecule has 0 radical (unpaired) electrons. The second kappa shape index (κ2) is 5.14. The van der Waals surface area contributed by atoms with E-state index in [0.29, 0.717) is 23.0 Å². The molecule has 2 rings (SSSR count). The van der Waals surface area contributed by atoms with Crippen molar-refractivity contribution >= 4 is 0 Å². The summed E-state index contributed by atoms with van der Waals surface area (Å²) in [5, 5.41) is 3.67. The van der Waals surface area contributed by atoms with E-state index in [1.165, 1.54) is 6.07 Å². The molecule has 6 heteroatoms. The van der Waals surface area contributed by atoms with Crippen LogP contribution in [-0.4, -0.2) is 10.1 Å². The Bertz CT molecular complexity index is 540. The Morgan fingerprint density at radius 1 is 1.50 bits per heavy atom. The highest BCUT2D eigenvalue weighted by atomic mass is 19.1. The van der Waals surface area contributed by atoms with E-state index in [4.69, 9.17) is 15.0 Å². The van der Waals surface area contributed by atoms with E-state index in [1.54, 1.807) is 26.0 Å². The third kappa shape index (κ3) is 2.84. The Morgan fingerprint density at radius 3 is 2.83 bits per heavy atom. The van der Waals surface area contributed by atoms with Gasteiger partial charge in [0.1, 0.15) is 11.6 Å². The summed E-state index contributed by atoms with van der Waals surface area (Å²) in [6.45, 7) is 3.54. The predicted molar refractivity (Wildman–Crippen MR) is 62.4 cm³/mol. The Kier molecular flexibility index (Phi) is 3.57. The van der Waals surface area contributed by atoms with Crippen LogP contribution in [0.25, 0.3) is 0 Å². The van der Waals surface area contributed by atoms with Crippen LogP contribution in [0.3, 0.4) is 0 Å². The highest BCUT2D eigenvalue weighted by Crippen LogP contribution is 2.21. The predicted octanol–water partition coefficient (Wildman–Crippen LogP) is 2.12. The van der Waals surface area contributed by atoms with Crippen molar-refractivity contribution in [1.29, 1.82) is 0 Å². The number of hydrogen-bond donors (Lipinski definition) is 1. The van der Waals surface area contributed by atoms with Crippen LogP contribution in [0.4, 0.5) is 4.39 Å². The number of rotatable bonds is 4. The number of benzene rings is 1. The highest BCUT2D eigenvalue weighted by molar-refractivity contribution is 5.30. The van der Waals surface area contributed by atoms with Crippen LogP contribution in [0.5, 0.6) is 5.75 Å². The summed E-state index contributed by atoms with van der Waals surface area (Å²) < 4.78 is 23.8. The van der Waals surface area contributed by atoms with E-state index >= 15 is 0 Å². The number of hydrogen-bond acceptors (Lipinski definition) is 5. The second-order valence-electron chi connectivity index (χ2n) is 3.99. The lowest BCUT2D eigenvalue weighted by molar-refractivity contribution is 0.284. The number of nitrogens with two attached hydrogens (primary N) is 1. The molecule has 0 aliphatic rings. The molecule has 2 aromatic rings. The minimum absolute atomic E-state index is 0.133. The normalized spacial score (nSPS) is 12.4. The van der Waals surface area contributed by atoms with Crippen molar-refractivity contribution in [3.8, 4) is 5.75 Å². The molecule has 2 N–H and O–H groups in total. The van der Waals surface area contributed by atoms with E-state index in [9.17, 15) is 4.39 Å². The summed E-state index contributed by atoms with van der Waals surface area (Å²) in [5.74, 6) is 0.905. The van der Waals surface area contributed by atoms with Crippen LogP contribution in [0.15, 0.2) is 22.7 Å². The minimum atomic E-state index is -0.383. The van der Waals surface area contributed by atoms with Gasteiger partial charge in [0, 0.05) is 24.6 Å². The highest BCUT2D eigenvalue weighted by Gasteiger charge is 2.09. The molecule has 1 heterocycles. The van der Waals surface area contributed by atoms with E-state index in [0.717, 1.165) is 0 Å². The number of nitrogens with zero attached hydrogens (tertiary/aromatic N) is 2. The zero-order valence-electron chi connectivity index (χ0n) is 10.2. The average molecular weight is 251 g/mol. The molecule has 1 aromatic heterocycles. The van der Waals surface area contributed by atoms with Gasteiger partial charge in [0.15, 0.2) is 6.61 Å². The molecule has 0 spiro atoms. The zero-order chi connectivity index (χ0) is 13.1. The molecule has 18 heavy (non-hydrogen) atoms. The van der Waals surface area contributed by atoms with Gasteiger partial charge in [-0.2, -0.15) is 4.98 Å². The van der Waals surface area contributed by atoms with E-state index in [2.05, 4.69) is 10.1 Å². The summed E-state index contributed by atoms with van der Waals surface area (Å²) in [6, 6.07) is 4.22. The van der Waals surface area contributed by atoms with Crippen LogP contribution < -0.4 is 10.5 Å². The van der Waals surface area contributed by atoms with Gasteiger partial charge < -0.3 is 15.0 Å². The molecular weight excluding hydrogens is 237 g/mol. The van der Waals surface area contributed by atoms with Gasteiger partial charge >= 0.3 is 0 Å². The number of aryl methyl sites for hydroxylation is 1. The third-order valence-corrected chi connectivity index (χ3v) is 2.40. The molecule has 96 valence electrons. The molecule has 0 saturated carbocycles. The van der Waals surface area contributed by atoms with Gasteiger partial charge in [-0.1, -0.05) is 11.2 Å². The second-order valence-corrected chi connectivity index (χ2v) is 3.99. The van der Waals surface area contributed by atoms with Crippen molar-refractivity contribution in [2.45, 2.75) is 26.5 Å². The van der Waals surface area contributed by atoms with Crippen LogP contribution in [0.1, 0.15) is 30.2 Å². The van der Waals surface area contributed by atoms with Crippen molar-refractivity contribution in [3.63, 3.8) is 0 Å². The fourth-order valence-corrected chi connectivity index (χ4v) is 1.51. The Labute approximate surface area is 104 Å². The van der Waals surface area contributed by atoms with Gasteiger partial charge in [-0.15, -0.1) is 0 Å². The summed E-state index contributed by atoms with van der Waals surface area (Å²) >= 11 is 0. The topological polar surface area (TPSA) is 74.2 Å². The minimum Gasteiger partial charge on any atom is -0.485 e. The summed E-state index contributed by atoms with van der Waals surface area (Å²) in [5.41, 5.74) is 6.08. The third-order valence-electron chi connectivity index (χ3n) is 2.40. The fraction of sp³-hybridized carbons (Fsp3) is 0.333. The van der Waals surface area contributed by atoms with Crippen molar-refractivity contribution in [3.05, 3.63) is 41.3 Å². The lowest BCUT2D eigenvalue weighted by Gasteiger charge is -2.09. The maximum atomic E-state index is 13.6. The lowest BCUT2D eigenvalue weighted by Crippen LogP contribution is -2.07. The maximum absolute atomic E-state index is 13.6. The Hall–Kier alpha value is -1.95. The molecule has 1 atom stereocenters. The molecule has 0 aliphatic heterocycles. The Balaban J connectivity index is 2.04. The first kappa shape index (κ1) is 12.5. The monoisotopic (exact) mass is 251 g/mol. The SMILES string of the molecule is Cc1nc(COc2ccc([C@H](C)N)c(F)c2)no1. The molecule has 0 aliphatic carbocycles. The van der Waals surface area contributed by atoms with Crippen molar-refractivity contribution < 1.29 is 13.7 Å². The first-order valence-corrected chi connectivity index (χ1v) is 5.53. The quantitative estimate of drug-likeness (QED) is 0.900. The van der Waals surface area contributed by atoms with Crippen LogP contribution in [0.2, 0.25) is 0 Å². The first-order chi connectivity index (χ1) is 8.56. The molecule has 0 amide bonds. The van der Waals surface area contributed by atoms with E-state index < -0.39 is 0 Å². The largest absolute Gasteiger partial charge is 0.485 e. The zero-order valence-corrected chi connectivity index (χ0v) is 10.2. The fourth-order valence-electron chi connectivity index (χ4n) is 1.51. The lowest BCUT2D eigenvalue weighted by atomic mass is 10.1. The van der Waals surface area contributed by atoms with Gasteiger partial charge in [-0.3, -0.25) is 0 Å². The van der Waals surface area contributed by atoms with Gasteiger partial charge in [0.05, 0.1) is 0 Å². The van der Waals surface area contributed by atoms with Crippen molar-refractivity contribution in [2.24, 2.45) is 5.73 Å². The molecular formula is C12H14FN3O2. The van der Waals surface area contributed by atoms with Gasteiger partial charge in [0.2, 0.25) is 11.7 Å². The Morgan fingerprint density at radius 2 is 2.28 bits per heavy atom. The van der Waals surface area contributed by atoms with Crippen LogP contribution in [-0.2, 0) is 6.61 Å². The number of ether oxygens (including phenoxy) is 1. The summed E-state index contributed by atoms with van der Waals surface area (Å²) in [7, 11) is 0. The summed E-state index contributed by atoms with van der Waals surface area (Å²) in [6.07, 6.45) is 0. The van der Waals surface area contributed by atoms with Gasteiger partial charge in [-0.25, -0.2) is 4.39 Å². The number of aromatic nitrogens is 2. The van der Waals surface area contributed by atoms with Crippen LogP contribution >= 0.6 is 0 Å². The van der Waals surface area contributed by atoms with Crippen molar-refractivity contribution in [1.82, 2.24) is 10.1 Å². The molecule has 0 unspecified atom stereocenters. The van der Waals surface area contributed by atoms with Crippen molar-refractivity contribution in [2.75, 3.05) is 0 Å². The molecule has 5 nitrogen and oxygen atoms in total. The maximum Gasteiger partial charge on any atom is 0.223 e. The first-order valence-electron chi connectivity index (χ1n) is 5.53. The molecule has 0 fully saturated rings. The van der Waals surface area contributed by atoms with E-state index in [1.807, 2.05) is 0 Å². The average Bonchev–Trinajstić information content (AvgIpc) is 2.72. The molecule has 1 aromatic carbocycles. The molecule has 0 saturated heterocycles. The van der Waals surface area contributed by atoms with Crippen LogP contribution in [0, 0.1) is 12.7 Å².